The minimum Gasteiger partial charge on any atom is -0.303 e. The molecule has 1 heteroatoms. The van der Waals surface area contributed by atoms with Gasteiger partial charge in [0.1, 0.15) is 0 Å². The third-order valence-corrected chi connectivity index (χ3v) is 3.27. The average molecular weight is 169 g/mol. The van der Waals surface area contributed by atoms with Gasteiger partial charge >= 0.3 is 0 Å². The van der Waals surface area contributed by atoms with E-state index in [-0.39, 0.29) is 0 Å². The van der Waals surface area contributed by atoms with Crippen LogP contribution in [0.4, 0.5) is 0 Å². The molecule has 0 spiro atoms. The van der Waals surface area contributed by atoms with Crippen LogP contribution < -0.4 is 0 Å². The Hall–Kier alpha value is -0.0400. The van der Waals surface area contributed by atoms with E-state index in [2.05, 4.69) is 32.7 Å². The number of hydrogen-bond donors (Lipinski definition) is 0. The zero-order chi connectivity index (χ0) is 9.14. The van der Waals surface area contributed by atoms with Crippen LogP contribution in [0.5, 0.6) is 0 Å². The number of rotatable bonds is 1. The van der Waals surface area contributed by atoms with Crippen molar-refractivity contribution in [1.29, 1.82) is 0 Å². The summed E-state index contributed by atoms with van der Waals surface area (Å²) in [6.45, 7) is 8.37. The fourth-order valence-corrected chi connectivity index (χ4v) is 2.25. The van der Waals surface area contributed by atoms with Gasteiger partial charge in [-0.25, -0.2) is 0 Å². The Morgan fingerprint density at radius 2 is 1.83 bits per heavy atom. The van der Waals surface area contributed by atoms with Gasteiger partial charge in [-0.15, -0.1) is 0 Å². The summed E-state index contributed by atoms with van der Waals surface area (Å²) in [5, 5.41) is 0. The summed E-state index contributed by atoms with van der Waals surface area (Å²) in [5.74, 6) is 1.76. The molecule has 0 N–H and O–H groups in total. The molecular formula is C11H23N. The first-order valence-electron chi connectivity index (χ1n) is 5.31. The molecule has 0 saturated carbocycles. The van der Waals surface area contributed by atoms with Crippen LogP contribution in [-0.4, -0.2) is 24.5 Å². The molecule has 0 aromatic rings. The second-order valence-corrected chi connectivity index (χ2v) is 4.76. The third-order valence-electron chi connectivity index (χ3n) is 3.27. The Morgan fingerprint density at radius 1 is 1.17 bits per heavy atom. The number of nitrogens with zero attached hydrogens (tertiary/aromatic N) is 1. The van der Waals surface area contributed by atoms with Crippen LogP contribution in [0.25, 0.3) is 0 Å². The molecule has 0 aromatic carbocycles. The lowest BCUT2D eigenvalue weighted by Gasteiger charge is -2.28. The fraction of sp³-hybridized carbons (Fsp3) is 1.00. The minimum absolute atomic E-state index is 0.820. The summed E-state index contributed by atoms with van der Waals surface area (Å²) in [6, 6.07) is 0.829. The molecule has 1 aliphatic heterocycles. The van der Waals surface area contributed by atoms with E-state index in [1.807, 2.05) is 0 Å². The largest absolute Gasteiger partial charge is 0.303 e. The Labute approximate surface area is 77.1 Å². The van der Waals surface area contributed by atoms with Crippen LogP contribution >= 0.6 is 0 Å². The standard InChI is InChI=1S/C11H23N/c1-9(2)11-6-5-10(3)7-8-12(11)4/h9-11H,5-8H2,1-4H3/t10-,11+/m0/s1. The summed E-state index contributed by atoms with van der Waals surface area (Å²) in [4.78, 5) is 2.55. The molecular weight excluding hydrogens is 146 g/mol. The van der Waals surface area contributed by atoms with Crippen molar-refractivity contribution >= 4 is 0 Å². The summed E-state index contributed by atoms with van der Waals surface area (Å²) in [5.41, 5.74) is 0. The van der Waals surface area contributed by atoms with E-state index in [0.29, 0.717) is 0 Å². The molecule has 0 unspecified atom stereocenters. The molecule has 0 aromatic heterocycles. The van der Waals surface area contributed by atoms with Gasteiger partial charge in [0, 0.05) is 6.04 Å². The van der Waals surface area contributed by atoms with Crippen LogP contribution in [-0.2, 0) is 0 Å². The van der Waals surface area contributed by atoms with E-state index in [0.717, 1.165) is 17.9 Å². The molecule has 12 heavy (non-hydrogen) atoms. The van der Waals surface area contributed by atoms with Gasteiger partial charge < -0.3 is 4.90 Å². The van der Waals surface area contributed by atoms with E-state index >= 15 is 0 Å². The highest BCUT2D eigenvalue weighted by Crippen LogP contribution is 2.24. The zero-order valence-corrected chi connectivity index (χ0v) is 9.01. The minimum atomic E-state index is 0.820. The van der Waals surface area contributed by atoms with E-state index in [1.165, 1.54) is 25.8 Å². The molecule has 1 fully saturated rings. The predicted octanol–water partition coefficient (Wildman–Crippen LogP) is 2.76. The van der Waals surface area contributed by atoms with Gasteiger partial charge in [-0.3, -0.25) is 0 Å². The molecule has 0 aliphatic carbocycles. The molecule has 1 heterocycles. The van der Waals surface area contributed by atoms with Crippen molar-refractivity contribution in [2.45, 2.75) is 46.1 Å². The zero-order valence-electron chi connectivity index (χ0n) is 9.01. The molecule has 1 aliphatic rings. The van der Waals surface area contributed by atoms with Crippen molar-refractivity contribution in [2.75, 3.05) is 13.6 Å². The van der Waals surface area contributed by atoms with Gasteiger partial charge in [0.05, 0.1) is 0 Å². The predicted molar refractivity (Wildman–Crippen MR) is 54.3 cm³/mol. The Bertz CT molecular complexity index is 131. The first-order chi connectivity index (χ1) is 5.61. The van der Waals surface area contributed by atoms with Crippen molar-refractivity contribution < 1.29 is 0 Å². The van der Waals surface area contributed by atoms with Crippen molar-refractivity contribution in [3.8, 4) is 0 Å². The maximum atomic E-state index is 2.55. The molecule has 72 valence electrons. The van der Waals surface area contributed by atoms with Crippen molar-refractivity contribution in [1.82, 2.24) is 4.90 Å². The molecule has 0 amide bonds. The summed E-state index contributed by atoms with van der Waals surface area (Å²) < 4.78 is 0. The van der Waals surface area contributed by atoms with Crippen LogP contribution in [0.3, 0.4) is 0 Å². The maximum absolute atomic E-state index is 2.55. The van der Waals surface area contributed by atoms with Gasteiger partial charge in [0.2, 0.25) is 0 Å². The first-order valence-corrected chi connectivity index (χ1v) is 5.31. The first kappa shape index (κ1) is 10.0. The van der Waals surface area contributed by atoms with Crippen LogP contribution in [0.2, 0.25) is 0 Å². The van der Waals surface area contributed by atoms with Gasteiger partial charge in [0.15, 0.2) is 0 Å². The van der Waals surface area contributed by atoms with Gasteiger partial charge in [-0.05, 0) is 44.7 Å². The molecule has 1 rings (SSSR count). The normalized spacial score (nSPS) is 33.8. The van der Waals surface area contributed by atoms with E-state index in [9.17, 15) is 0 Å². The van der Waals surface area contributed by atoms with E-state index in [4.69, 9.17) is 0 Å². The lowest BCUT2D eigenvalue weighted by molar-refractivity contribution is 0.195. The maximum Gasteiger partial charge on any atom is 0.0115 e. The number of hydrogen-bond acceptors (Lipinski definition) is 1. The monoisotopic (exact) mass is 169 g/mol. The van der Waals surface area contributed by atoms with Gasteiger partial charge in [-0.1, -0.05) is 20.8 Å². The second-order valence-electron chi connectivity index (χ2n) is 4.76. The topological polar surface area (TPSA) is 3.24 Å². The van der Waals surface area contributed by atoms with Crippen molar-refractivity contribution in [3.63, 3.8) is 0 Å². The SMILES string of the molecule is CC(C)[C@H]1CC[C@H](C)CCN1C. The molecule has 0 radical (unpaired) electrons. The Kier molecular flexibility index (Phi) is 3.57. The van der Waals surface area contributed by atoms with Gasteiger partial charge in [-0.2, -0.15) is 0 Å². The van der Waals surface area contributed by atoms with Crippen molar-refractivity contribution in [3.05, 3.63) is 0 Å². The lowest BCUT2D eigenvalue weighted by atomic mass is 9.96. The average Bonchev–Trinajstić information content (AvgIpc) is 2.14. The van der Waals surface area contributed by atoms with E-state index in [1.54, 1.807) is 0 Å². The van der Waals surface area contributed by atoms with Crippen LogP contribution in [0, 0.1) is 11.8 Å². The molecule has 1 saturated heterocycles. The molecule has 0 bridgehead atoms. The lowest BCUT2D eigenvalue weighted by Crippen LogP contribution is -2.35. The van der Waals surface area contributed by atoms with Crippen LogP contribution in [0.15, 0.2) is 0 Å². The Balaban J connectivity index is 2.50. The summed E-state index contributed by atoms with van der Waals surface area (Å²) in [7, 11) is 2.28. The fourth-order valence-electron chi connectivity index (χ4n) is 2.25. The quantitative estimate of drug-likeness (QED) is 0.583. The number of likely N-dealkylation sites (tertiary alicyclic amines) is 1. The highest BCUT2D eigenvalue weighted by molar-refractivity contribution is 4.77. The van der Waals surface area contributed by atoms with Crippen molar-refractivity contribution in [2.24, 2.45) is 11.8 Å². The molecule has 2 atom stereocenters. The van der Waals surface area contributed by atoms with Gasteiger partial charge in [0.25, 0.3) is 0 Å². The highest BCUT2D eigenvalue weighted by Gasteiger charge is 2.22. The van der Waals surface area contributed by atoms with E-state index < -0.39 is 0 Å². The molecule has 1 nitrogen and oxygen atoms in total. The summed E-state index contributed by atoms with van der Waals surface area (Å²) >= 11 is 0. The summed E-state index contributed by atoms with van der Waals surface area (Å²) in [6.07, 6.45) is 4.21. The smallest absolute Gasteiger partial charge is 0.0115 e. The van der Waals surface area contributed by atoms with Crippen LogP contribution in [0.1, 0.15) is 40.0 Å². The second kappa shape index (κ2) is 4.27. The Morgan fingerprint density at radius 3 is 2.42 bits per heavy atom. The third kappa shape index (κ3) is 2.48. The highest BCUT2D eigenvalue weighted by atomic mass is 15.1.